The molecule has 3 aromatic carbocycles. The van der Waals surface area contributed by atoms with Crippen molar-refractivity contribution in [3.63, 3.8) is 0 Å². The largest absolute Gasteiger partial charge is 0.473 e. The van der Waals surface area contributed by atoms with E-state index in [0.29, 0.717) is 16.7 Å². The maximum Gasteiger partial charge on any atom is 0.352 e. The second-order valence-corrected chi connectivity index (χ2v) is 6.64. The van der Waals surface area contributed by atoms with E-state index in [2.05, 4.69) is 9.89 Å². The number of rotatable bonds is 5. The Balaban J connectivity index is 1.53. The number of carbonyl (C=O) groups excluding carboxylic acids is 1. The van der Waals surface area contributed by atoms with Gasteiger partial charge in [-0.1, -0.05) is 35.5 Å². The monoisotopic (exact) mass is 449 g/mol. The van der Waals surface area contributed by atoms with Crippen LogP contribution in [0.1, 0.15) is 6.92 Å². The molecule has 4 rings (SSSR count). The molecule has 10 heteroatoms. The molecule has 0 radical (unpaired) electrons. The Bertz CT molecular complexity index is 1290. The molecular weight excluding hydrogens is 437 g/mol. The van der Waals surface area contributed by atoms with Gasteiger partial charge in [0.25, 0.3) is 0 Å². The molecule has 164 valence electrons. The molecule has 1 aromatic heterocycles. The first-order valence-electron chi connectivity index (χ1n) is 9.12. The van der Waals surface area contributed by atoms with Gasteiger partial charge in [-0.25, -0.2) is 18.0 Å². The molecule has 32 heavy (non-hydrogen) atoms. The van der Waals surface area contributed by atoms with Crippen molar-refractivity contribution in [1.82, 2.24) is 5.16 Å². The minimum Gasteiger partial charge on any atom is -0.473 e. The topological polar surface area (TPSA) is 61.6 Å². The molecular formula is C22H12F5NO4. The Labute approximate surface area is 177 Å². The summed E-state index contributed by atoms with van der Waals surface area (Å²) in [5, 5.41) is 4.64. The third kappa shape index (κ3) is 3.75. The van der Waals surface area contributed by atoms with Crippen LogP contribution in [0.2, 0.25) is 0 Å². The summed E-state index contributed by atoms with van der Waals surface area (Å²) in [5.74, 6) is -13.8. The molecule has 0 aliphatic rings. The molecule has 0 amide bonds. The van der Waals surface area contributed by atoms with Crippen LogP contribution in [0.5, 0.6) is 11.5 Å². The number of halogens is 5. The maximum atomic E-state index is 13.8. The lowest BCUT2D eigenvalue weighted by Crippen LogP contribution is -2.29. The second kappa shape index (κ2) is 8.29. The zero-order valence-electron chi connectivity index (χ0n) is 16.2. The van der Waals surface area contributed by atoms with Gasteiger partial charge in [-0.05, 0) is 19.1 Å². The van der Waals surface area contributed by atoms with Crippen LogP contribution in [0.3, 0.4) is 0 Å². The number of esters is 1. The molecule has 0 bridgehead atoms. The molecule has 1 heterocycles. The van der Waals surface area contributed by atoms with Crippen LogP contribution >= 0.6 is 0 Å². The summed E-state index contributed by atoms with van der Waals surface area (Å²) in [5.41, 5.74) is 1.67. The fourth-order valence-electron chi connectivity index (χ4n) is 2.90. The first-order chi connectivity index (χ1) is 15.3. The quantitative estimate of drug-likeness (QED) is 0.131. The molecule has 0 N–H and O–H groups in total. The minimum absolute atomic E-state index is 0.00822. The number of benzene rings is 3. The van der Waals surface area contributed by atoms with E-state index < -0.39 is 46.9 Å². The first kappa shape index (κ1) is 21.3. The van der Waals surface area contributed by atoms with Crippen molar-refractivity contribution in [3.8, 4) is 22.8 Å². The van der Waals surface area contributed by atoms with Gasteiger partial charge in [0.2, 0.25) is 29.1 Å². The molecule has 0 aliphatic carbocycles. The fourth-order valence-corrected chi connectivity index (χ4v) is 2.90. The zero-order valence-corrected chi connectivity index (χ0v) is 16.2. The highest BCUT2D eigenvalue weighted by molar-refractivity contribution is 5.92. The van der Waals surface area contributed by atoms with Crippen molar-refractivity contribution in [1.29, 1.82) is 0 Å². The minimum atomic E-state index is -2.34. The normalized spacial score (nSPS) is 12.1. The Morgan fingerprint density at radius 1 is 0.906 bits per heavy atom. The van der Waals surface area contributed by atoms with E-state index in [0.717, 1.165) is 12.5 Å². The van der Waals surface area contributed by atoms with Gasteiger partial charge < -0.3 is 14.0 Å². The van der Waals surface area contributed by atoms with Crippen molar-refractivity contribution in [2.75, 3.05) is 0 Å². The lowest BCUT2D eigenvalue weighted by molar-refractivity contribution is -0.141. The average molecular weight is 449 g/mol. The molecule has 0 fully saturated rings. The summed E-state index contributed by atoms with van der Waals surface area (Å²) in [6.07, 6.45) is -1.70. The van der Waals surface area contributed by atoms with E-state index in [1.165, 1.54) is 12.1 Å². The van der Waals surface area contributed by atoms with Gasteiger partial charge in [-0.2, -0.15) is 8.78 Å². The van der Waals surface area contributed by atoms with Gasteiger partial charge in [-0.3, -0.25) is 0 Å². The van der Waals surface area contributed by atoms with Crippen molar-refractivity contribution < 1.29 is 40.7 Å². The third-order valence-electron chi connectivity index (χ3n) is 4.51. The first-order valence-corrected chi connectivity index (χ1v) is 9.12. The van der Waals surface area contributed by atoms with Gasteiger partial charge in [0.1, 0.15) is 11.4 Å². The van der Waals surface area contributed by atoms with Gasteiger partial charge in [0, 0.05) is 17.0 Å². The maximum absolute atomic E-state index is 13.8. The van der Waals surface area contributed by atoms with E-state index >= 15 is 0 Å². The van der Waals surface area contributed by atoms with Crippen LogP contribution in [0.15, 0.2) is 53.1 Å². The highest BCUT2D eigenvalue weighted by Gasteiger charge is 2.30. The van der Waals surface area contributed by atoms with Crippen molar-refractivity contribution in [2.45, 2.75) is 13.0 Å². The van der Waals surface area contributed by atoms with Gasteiger partial charge in [-0.15, -0.1) is 0 Å². The van der Waals surface area contributed by atoms with E-state index in [1.54, 1.807) is 6.07 Å². The molecule has 0 saturated carbocycles. The van der Waals surface area contributed by atoms with Crippen molar-refractivity contribution in [2.24, 2.45) is 0 Å². The van der Waals surface area contributed by atoms with Crippen LogP contribution in [0.4, 0.5) is 22.0 Å². The predicted octanol–water partition coefficient (Wildman–Crippen LogP) is 5.56. The Morgan fingerprint density at radius 3 is 2.19 bits per heavy atom. The van der Waals surface area contributed by atoms with E-state index in [-0.39, 0.29) is 5.75 Å². The molecule has 1 atom stereocenters. The van der Waals surface area contributed by atoms with Gasteiger partial charge in [0.05, 0.1) is 0 Å². The molecule has 4 aromatic rings. The van der Waals surface area contributed by atoms with Crippen molar-refractivity contribution >= 4 is 16.9 Å². The number of nitrogens with zero attached hydrogens (tertiary/aromatic N) is 1. The second-order valence-electron chi connectivity index (χ2n) is 6.64. The Kier molecular flexibility index (Phi) is 5.52. The van der Waals surface area contributed by atoms with Crippen LogP contribution in [0, 0.1) is 29.1 Å². The molecule has 5 nitrogen and oxygen atoms in total. The molecule has 0 spiro atoms. The summed E-state index contributed by atoms with van der Waals surface area (Å²) in [6.45, 7) is 1.03. The fraction of sp³-hybridized carbons (Fsp3) is 0.0909. The molecule has 0 saturated heterocycles. The molecule has 0 aliphatic heterocycles. The summed E-state index contributed by atoms with van der Waals surface area (Å²) < 4.78 is 82.2. The smallest absolute Gasteiger partial charge is 0.352 e. The summed E-state index contributed by atoms with van der Waals surface area (Å²) in [4.78, 5) is 12.2. The van der Waals surface area contributed by atoms with Crippen molar-refractivity contribution in [3.05, 3.63) is 77.6 Å². The Morgan fingerprint density at radius 2 is 1.53 bits per heavy atom. The van der Waals surface area contributed by atoms with Gasteiger partial charge in [0.15, 0.2) is 17.4 Å². The predicted molar refractivity (Wildman–Crippen MR) is 101 cm³/mol. The third-order valence-corrected chi connectivity index (χ3v) is 4.51. The Hall–Kier alpha value is -3.95. The van der Waals surface area contributed by atoms with Crippen LogP contribution < -0.4 is 9.47 Å². The van der Waals surface area contributed by atoms with Crippen LogP contribution in [-0.2, 0) is 4.79 Å². The van der Waals surface area contributed by atoms with Crippen LogP contribution in [-0.4, -0.2) is 17.2 Å². The number of carbonyl (C=O) groups is 1. The number of hydrogen-bond donors (Lipinski definition) is 0. The highest BCUT2D eigenvalue weighted by Crippen LogP contribution is 2.32. The number of hydrogen-bond acceptors (Lipinski definition) is 5. The van der Waals surface area contributed by atoms with Crippen LogP contribution in [0.25, 0.3) is 22.2 Å². The SMILES string of the molecule is CC(Oc1c(F)c(F)c(F)c(F)c1F)C(=O)Oc1ccc2c(-c3ccccc3)noc2c1. The van der Waals surface area contributed by atoms with E-state index in [4.69, 9.17) is 9.26 Å². The summed E-state index contributed by atoms with van der Waals surface area (Å²) >= 11 is 0. The average Bonchev–Trinajstić information content (AvgIpc) is 3.23. The van der Waals surface area contributed by atoms with Gasteiger partial charge >= 0.3 is 5.97 Å². The zero-order chi connectivity index (χ0) is 23.0. The number of aromatic nitrogens is 1. The van der Waals surface area contributed by atoms with E-state index in [9.17, 15) is 26.7 Å². The standard InChI is InChI=1S/C22H12F5NO4/c1-10(30-21-18(26)16(24)15(23)17(25)19(21)27)22(29)31-12-7-8-13-14(9-12)32-28-20(13)11-5-3-2-4-6-11/h2-10H,1H3. The summed E-state index contributed by atoms with van der Waals surface area (Å²) in [7, 11) is 0. The number of ether oxygens (including phenoxy) is 2. The summed E-state index contributed by atoms with van der Waals surface area (Å²) in [6, 6.07) is 13.6. The molecule has 1 unspecified atom stereocenters. The lowest BCUT2D eigenvalue weighted by Gasteiger charge is -2.15. The highest BCUT2D eigenvalue weighted by atomic mass is 19.2. The lowest BCUT2D eigenvalue weighted by atomic mass is 10.1. The van der Waals surface area contributed by atoms with E-state index in [1.807, 2.05) is 30.3 Å². The number of fused-ring (bicyclic) bond motifs is 1.